The lowest BCUT2D eigenvalue weighted by Crippen LogP contribution is -2.19. The summed E-state index contributed by atoms with van der Waals surface area (Å²) in [4.78, 5) is 4.44. The number of aromatic nitrogens is 1. The molecule has 3 heteroatoms. The van der Waals surface area contributed by atoms with Gasteiger partial charge < -0.3 is 10.5 Å². The zero-order chi connectivity index (χ0) is 12.0. The van der Waals surface area contributed by atoms with Crippen molar-refractivity contribution in [1.82, 2.24) is 4.98 Å². The van der Waals surface area contributed by atoms with Gasteiger partial charge in [-0.2, -0.15) is 0 Å². The lowest BCUT2D eigenvalue weighted by Gasteiger charge is -2.11. The van der Waals surface area contributed by atoms with E-state index in [9.17, 15) is 0 Å². The molecule has 1 unspecified atom stereocenters. The van der Waals surface area contributed by atoms with Crippen LogP contribution in [0.4, 0.5) is 0 Å². The van der Waals surface area contributed by atoms with E-state index in [1.807, 2.05) is 26.0 Å². The SMILES string of the molecule is CC#CCOc1ccc(C)nc1CC(C)N. The monoisotopic (exact) mass is 218 g/mol. The molecule has 1 atom stereocenters. The second-order valence-corrected chi connectivity index (χ2v) is 3.79. The van der Waals surface area contributed by atoms with E-state index in [2.05, 4.69) is 16.8 Å². The van der Waals surface area contributed by atoms with Crippen LogP contribution in [0.3, 0.4) is 0 Å². The van der Waals surface area contributed by atoms with Crippen LogP contribution in [0.2, 0.25) is 0 Å². The fraction of sp³-hybridized carbons (Fsp3) is 0.462. The summed E-state index contributed by atoms with van der Waals surface area (Å²) in [5.41, 5.74) is 7.66. The van der Waals surface area contributed by atoms with Crippen molar-refractivity contribution < 1.29 is 4.74 Å². The smallest absolute Gasteiger partial charge is 0.149 e. The van der Waals surface area contributed by atoms with Crippen LogP contribution in [-0.2, 0) is 6.42 Å². The minimum Gasteiger partial charge on any atom is -0.479 e. The number of nitrogens with two attached hydrogens (primary N) is 1. The largest absolute Gasteiger partial charge is 0.479 e. The van der Waals surface area contributed by atoms with Crippen molar-refractivity contribution in [2.24, 2.45) is 5.73 Å². The summed E-state index contributed by atoms with van der Waals surface area (Å²) in [6.07, 6.45) is 0.719. The maximum atomic E-state index is 5.77. The molecule has 1 aromatic heterocycles. The molecule has 16 heavy (non-hydrogen) atoms. The Balaban J connectivity index is 2.83. The topological polar surface area (TPSA) is 48.1 Å². The molecule has 0 fully saturated rings. The van der Waals surface area contributed by atoms with E-state index in [-0.39, 0.29) is 6.04 Å². The third-order valence-corrected chi connectivity index (χ3v) is 2.06. The van der Waals surface area contributed by atoms with Crippen LogP contribution in [0.1, 0.15) is 25.2 Å². The molecule has 0 saturated heterocycles. The average molecular weight is 218 g/mol. The number of rotatable bonds is 4. The van der Waals surface area contributed by atoms with E-state index in [1.54, 1.807) is 6.92 Å². The highest BCUT2D eigenvalue weighted by molar-refractivity contribution is 5.30. The number of pyridine rings is 1. The second-order valence-electron chi connectivity index (χ2n) is 3.79. The molecule has 0 aliphatic heterocycles. The number of nitrogens with zero attached hydrogens (tertiary/aromatic N) is 1. The van der Waals surface area contributed by atoms with Crippen LogP contribution >= 0.6 is 0 Å². The predicted octanol–water partition coefficient (Wildman–Crippen LogP) is 1.68. The van der Waals surface area contributed by atoms with Gasteiger partial charge in [-0.25, -0.2) is 0 Å². The molecule has 0 spiro atoms. The fourth-order valence-corrected chi connectivity index (χ4v) is 1.37. The van der Waals surface area contributed by atoms with Crippen molar-refractivity contribution >= 4 is 0 Å². The molecule has 0 amide bonds. The van der Waals surface area contributed by atoms with E-state index < -0.39 is 0 Å². The minimum atomic E-state index is 0.0777. The van der Waals surface area contributed by atoms with Gasteiger partial charge in [0.2, 0.25) is 0 Å². The molecule has 0 bridgehead atoms. The predicted molar refractivity (Wildman–Crippen MR) is 65.3 cm³/mol. The summed E-state index contributed by atoms with van der Waals surface area (Å²) in [5, 5.41) is 0. The maximum absolute atomic E-state index is 5.77. The molecule has 3 nitrogen and oxygen atoms in total. The Hall–Kier alpha value is -1.53. The Morgan fingerprint density at radius 2 is 2.25 bits per heavy atom. The van der Waals surface area contributed by atoms with Crippen LogP contribution in [0, 0.1) is 18.8 Å². The van der Waals surface area contributed by atoms with Gasteiger partial charge in [-0.15, -0.1) is 5.92 Å². The normalized spacial score (nSPS) is 11.5. The maximum Gasteiger partial charge on any atom is 0.149 e. The first kappa shape index (κ1) is 12.5. The molecule has 0 radical (unpaired) electrons. The highest BCUT2D eigenvalue weighted by Gasteiger charge is 2.07. The third-order valence-electron chi connectivity index (χ3n) is 2.06. The summed E-state index contributed by atoms with van der Waals surface area (Å²) in [6, 6.07) is 3.94. The summed E-state index contributed by atoms with van der Waals surface area (Å²) < 4.78 is 5.54. The van der Waals surface area contributed by atoms with Gasteiger partial charge in [0.15, 0.2) is 0 Å². The number of ether oxygens (including phenoxy) is 1. The zero-order valence-corrected chi connectivity index (χ0v) is 10.1. The summed E-state index contributed by atoms with van der Waals surface area (Å²) >= 11 is 0. The van der Waals surface area contributed by atoms with E-state index in [1.165, 1.54) is 0 Å². The Kier molecular flexibility index (Phi) is 4.81. The van der Waals surface area contributed by atoms with Gasteiger partial charge in [0.1, 0.15) is 12.4 Å². The highest BCUT2D eigenvalue weighted by atomic mass is 16.5. The van der Waals surface area contributed by atoms with Crippen molar-refractivity contribution in [2.45, 2.75) is 33.2 Å². The van der Waals surface area contributed by atoms with E-state index in [0.29, 0.717) is 6.61 Å². The molecule has 86 valence electrons. The fourth-order valence-electron chi connectivity index (χ4n) is 1.37. The number of aryl methyl sites for hydroxylation is 1. The minimum absolute atomic E-state index is 0.0777. The summed E-state index contributed by atoms with van der Waals surface area (Å²) in [7, 11) is 0. The van der Waals surface area contributed by atoms with Gasteiger partial charge in [-0.3, -0.25) is 4.98 Å². The van der Waals surface area contributed by atoms with Crippen LogP contribution in [-0.4, -0.2) is 17.6 Å². The molecular formula is C13H18N2O. The van der Waals surface area contributed by atoms with Gasteiger partial charge in [0, 0.05) is 18.2 Å². The van der Waals surface area contributed by atoms with Crippen LogP contribution in [0.25, 0.3) is 0 Å². The molecule has 0 aliphatic carbocycles. The standard InChI is InChI=1S/C13H18N2O/c1-4-5-8-16-13-7-6-11(3)15-12(13)9-10(2)14/h6-7,10H,8-9,14H2,1-3H3. The molecular weight excluding hydrogens is 200 g/mol. The lowest BCUT2D eigenvalue weighted by atomic mass is 10.1. The Labute approximate surface area is 97.0 Å². The van der Waals surface area contributed by atoms with Crippen molar-refractivity contribution in [2.75, 3.05) is 6.61 Å². The average Bonchev–Trinajstić information content (AvgIpc) is 2.20. The number of hydrogen-bond donors (Lipinski definition) is 1. The Morgan fingerprint density at radius 1 is 1.50 bits per heavy atom. The first-order chi connectivity index (χ1) is 7.63. The molecule has 1 aromatic rings. The Morgan fingerprint density at radius 3 is 2.88 bits per heavy atom. The molecule has 0 aromatic carbocycles. The Bertz CT molecular complexity index is 402. The summed E-state index contributed by atoms with van der Waals surface area (Å²) in [6.45, 7) is 6.10. The van der Waals surface area contributed by atoms with Crippen molar-refractivity contribution in [1.29, 1.82) is 0 Å². The molecule has 2 N–H and O–H groups in total. The van der Waals surface area contributed by atoms with E-state index in [0.717, 1.165) is 23.6 Å². The molecule has 0 aliphatic rings. The second kappa shape index (κ2) is 6.14. The highest BCUT2D eigenvalue weighted by Crippen LogP contribution is 2.18. The van der Waals surface area contributed by atoms with Crippen molar-refractivity contribution in [3.63, 3.8) is 0 Å². The first-order valence-electron chi connectivity index (χ1n) is 5.38. The third kappa shape index (κ3) is 3.92. The number of hydrogen-bond acceptors (Lipinski definition) is 3. The molecule has 1 rings (SSSR count). The zero-order valence-electron chi connectivity index (χ0n) is 10.1. The van der Waals surface area contributed by atoms with Crippen LogP contribution in [0.5, 0.6) is 5.75 Å². The van der Waals surface area contributed by atoms with Crippen LogP contribution < -0.4 is 10.5 Å². The summed E-state index contributed by atoms with van der Waals surface area (Å²) in [5.74, 6) is 6.43. The quantitative estimate of drug-likeness (QED) is 0.782. The van der Waals surface area contributed by atoms with Gasteiger partial charge in [-0.1, -0.05) is 5.92 Å². The lowest BCUT2D eigenvalue weighted by molar-refractivity contribution is 0.362. The molecule has 1 heterocycles. The van der Waals surface area contributed by atoms with E-state index in [4.69, 9.17) is 10.5 Å². The van der Waals surface area contributed by atoms with Crippen molar-refractivity contribution in [3.05, 3.63) is 23.5 Å². The van der Waals surface area contributed by atoms with Gasteiger partial charge in [0.25, 0.3) is 0 Å². The van der Waals surface area contributed by atoms with E-state index >= 15 is 0 Å². The van der Waals surface area contributed by atoms with Gasteiger partial charge in [-0.05, 0) is 32.9 Å². The van der Waals surface area contributed by atoms with Crippen molar-refractivity contribution in [3.8, 4) is 17.6 Å². The molecule has 0 saturated carbocycles. The first-order valence-corrected chi connectivity index (χ1v) is 5.38. The van der Waals surface area contributed by atoms with Gasteiger partial charge in [0.05, 0.1) is 5.69 Å². The van der Waals surface area contributed by atoms with Crippen LogP contribution in [0.15, 0.2) is 12.1 Å². The van der Waals surface area contributed by atoms with Gasteiger partial charge >= 0.3 is 0 Å².